The Balaban J connectivity index is 2.01. The summed E-state index contributed by atoms with van der Waals surface area (Å²) < 4.78 is 39.2. The zero-order chi connectivity index (χ0) is 18.0. The van der Waals surface area contributed by atoms with E-state index in [0.717, 1.165) is 12.1 Å². The predicted molar refractivity (Wildman–Crippen MR) is 82.1 cm³/mol. The quantitative estimate of drug-likeness (QED) is 0.910. The van der Waals surface area contributed by atoms with E-state index in [9.17, 15) is 18.0 Å². The molecule has 0 unspecified atom stereocenters. The smallest absolute Gasteiger partial charge is 0.349 e. The van der Waals surface area contributed by atoms with Gasteiger partial charge in [-0.05, 0) is 44.9 Å². The molecule has 0 aliphatic carbocycles. The summed E-state index contributed by atoms with van der Waals surface area (Å²) in [5, 5.41) is 6.81. The third-order valence-electron chi connectivity index (χ3n) is 3.60. The average molecular weight is 340 g/mol. The topological polar surface area (TPSA) is 59.8 Å². The van der Waals surface area contributed by atoms with Crippen LogP contribution in [0.25, 0.3) is 0 Å². The van der Waals surface area contributed by atoms with Crippen LogP contribution in [0.4, 0.5) is 13.2 Å². The summed E-state index contributed by atoms with van der Waals surface area (Å²) in [6.07, 6.45) is -1.15. The molecule has 0 fully saturated rings. The van der Waals surface area contributed by atoms with Gasteiger partial charge in [0.1, 0.15) is 18.7 Å². The van der Waals surface area contributed by atoms with Gasteiger partial charge >= 0.3 is 6.18 Å². The lowest BCUT2D eigenvalue weighted by atomic mass is 9.94. The number of alkyl halides is 3. The fourth-order valence-corrected chi connectivity index (χ4v) is 2.34. The first-order valence-electron chi connectivity index (χ1n) is 7.41. The van der Waals surface area contributed by atoms with Gasteiger partial charge in [-0.2, -0.15) is 18.3 Å². The molecule has 0 aliphatic rings. The lowest BCUT2D eigenvalue weighted by molar-refractivity contribution is -0.137. The van der Waals surface area contributed by atoms with Gasteiger partial charge in [0, 0.05) is 5.54 Å². The van der Waals surface area contributed by atoms with E-state index in [-0.39, 0.29) is 5.91 Å². The van der Waals surface area contributed by atoms with Crippen LogP contribution in [0, 0.1) is 0 Å². The van der Waals surface area contributed by atoms with Gasteiger partial charge in [0.05, 0.1) is 5.56 Å². The second-order valence-electron chi connectivity index (χ2n) is 6.30. The molecule has 2 rings (SSSR count). The highest BCUT2D eigenvalue weighted by molar-refractivity contribution is 5.80. The van der Waals surface area contributed by atoms with Gasteiger partial charge in [0.2, 0.25) is 5.91 Å². The SMILES string of the molecule is C[C@H](C(=O)NC(C)(C)Cc1ccc(C(F)(F)F)cc1)n1cncn1. The summed E-state index contributed by atoms with van der Waals surface area (Å²) in [5.74, 6) is -0.239. The summed E-state index contributed by atoms with van der Waals surface area (Å²) in [6, 6.07) is 4.42. The van der Waals surface area contributed by atoms with Crippen LogP contribution in [0.15, 0.2) is 36.9 Å². The van der Waals surface area contributed by atoms with Crippen LogP contribution < -0.4 is 5.32 Å². The van der Waals surface area contributed by atoms with Gasteiger partial charge in [0.25, 0.3) is 0 Å². The van der Waals surface area contributed by atoms with E-state index in [1.807, 2.05) is 13.8 Å². The van der Waals surface area contributed by atoms with E-state index < -0.39 is 23.3 Å². The lowest BCUT2D eigenvalue weighted by Crippen LogP contribution is -2.47. The number of carbonyl (C=O) groups is 1. The fourth-order valence-electron chi connectivity index (χ4n) is 2.34. The highest BCUT2D eigenvalue weighted by atomic mass is 19.4. The van der Waals surface area contributed by atoms with E-state index in [0.29, 0.717) is 12.0 Å². The molecule has 1 heterocycles. The minimum Gasteiger partial charge on any atom is -0.349 e. The van der Waals surface area contributed by atoms with Gasteiger partial charge in [0.15, 0.2) is 0 Å². The Kier molecular flexibility index (Phi) is 4.96. The number of nitrogens with one attached hydrogen (secondary N) is 1. The van der Waals surface area contributed by atoms with Crippen molar-refractivity contribution in [2.45, 2.75) is 44.9 Å². The molecule has 2 aromatic rings. The number of aromatic nitrogens is 3. The van der Waals surface area contributed by atoms with Crippen molar-refractivity contribution < 1.29 is 18.0 Å². The third-order valence-corrected chi connectivity index (χ3v) is 3.60. The Morgan fingerprint density at radius 1 is 1.25 bits per heavy atom. The summed E-state index contributed by atoms with van der Waals surface area (Å²) in [6.45, 7) is 5.32. The van der Waals surface area contributed by atoms with Crippen LogP contribution in [-0.2, 0) is 17.4 Å². The van der Waals surface area contributed by atoms with Crippen molar-refractivity contribution >= 4 is 5.91 Å². The molecule has 0 saturated carbocycles. The van der Waals surface area contributed by atoms with Crippen LogP contribution in [0.1, 0.15) is 37.9 Å². The molecule has 130 valence electrons. The maximum Gasteiger partial charge on any atom is 0.416 e. The highest BCUT2D eigenvalue weighted by Crippen LogP contribution is 2.29. The largest absolute Gasteiger partial charge is 0.416 e. The fraction of sp³-hybridized carbons (Fsp3) is 0.438. The van der Waals surface area contributed by atoms with Gasteiger partial charge in [-0.25, -0.2) is 9.67 Å². The molecule has 1 N–H and O–H groups in total. The van der Waals surface area contributed by atoms with E-state index in [4.69, 9.17) is 0 Å². The van der Waals surface area contributed by atoms with Crippen molar-refractivity contribution in [1.29, 1.82) is 0 Å². The van der Waals surface area contributed by atoms with E-state index >= 15 is 0 Å². The number of hydrogen-bond donors (Lipinski definition) is 1. The van der Waals surface area contributed by atoms with Crippen molar-refractivity contribution in [2.75, 3.05) is 0 Å². The molecular formula is C16H19F3N4O. The maximum atomic E-state index is 12.6. The van der Waals surface area contributed by atoms with Crippen LogP contribution in [0.2, 0.25) is 0 Å². The first-order valence-corrected chi connectivity index (χ1v) is 7.41. The van der Waals surface area contributed by atoms with Gasteiger partial charge in [-0.3, -0.25) is 4.79 Å². The minimum absolute atomic E-state index is 0.239. The number of hydrogen-bond acceptors (Lipinski definition) is 3. The molecule has 24 heavy (non-hydrogen) atoms. The zero-order valence-corrected chi connectivity index (χ0v) is 13.6. The molecule has 0 spiro atoms. The number of benzene rings is 1. The summed E-state index contributed by atoms with van der Waals surface area (Å²) in [7, 11) is 0. The normalized spacial score (nSPS) is 13.6. The monoisotopic (exact) mass is 340 g/mol. The molecule has 1 aromatic heterocycles. The van der Waals surface area contributed by atoms with Crippen molar-refractivity contribution in [2.24, 2.45) is 0 Å². The molecule has 8 heteroatoms. The molecule has 0 saturated heterocycles. The minimum atomic E-state index is -4.35. The van der Waals surface area contributed by atoms with Crippen LogP contribution in [0.5, 0.6) is 0 Å². The number of nitrogens with zero attached hydrogens (tertiary/aromatic N) is 3. The first kappa shape index (κ1) is 18.0. The Bertz CT molecular complexity index is 678. The van der Waals surface area contributed by atoms with Gasteiger partial charge < -0.3 is 5.32 Å². The molecule has 1 amide bonds. The second-order valence-corrected chi connectivity index (χ2v) is 6.30. The Hall–Kier alpha value is -2.38. The number of halogens is 3. The van der Waals surface area contributed by atoms with Crippen LogP contribution in [-0.4, -0.2) is 26.2 Å². The highest BCUT2D eigenvalue weighted by Gasteiger charge is 2.30. The molecule has 5 nitrogen and oxygen atoms in total. The van der Waals surface area contributed by atoms with Crippen LogP contribution in [0.3, 0.4) is 0 Å². The molecular weight excluding hydrogens is 321 g/mol. The third kappa shape index (κ3) is 4.56. The summed E-state index contributed by atoms with van der Waals surface area (Å²) >= 11 is 0. The van der Waals surface area contributed by atoms with Crippen molar-refractivity contribution in [3.63, 3.8) is 0 Å². The lowest BCUT2D eigenvalue weighted by Gasteiger charge is -2.28. The predicted octanol–water partition coefficient (Wildman–Crippen LogP) is 3.00. The van der Waals surface area contributed by atoms with Crippen molar-refractivity contribution in [3.8, 4) is 0 Å². The second kappa shape index (κ2) is 6.62. The van der Waals surface area contributed by atoms with Crippen LogP contribution >= 0.6 is 0 Å². The molecule has 1 atom stereocenters. The van der Waals surface area contributed by atoms with Crippen molar-refractivity contribution in [1.82, 2.24) is 20.1 Å². The first-order chi connectivity index (χ1) is 11.1. The summed E-state index contributed by atoms with van der Waals surface area (Å²) in [4.78, 5) is 16.1. The maximum absolute atomic E-state index is 12.6. The van der Waals surface area contributed by atoms with Gasteiger partial charge in [-0.1, -0.05) is 12.1 Å². The number of rotatable bonds is 5. The van der Waals surface area contributed by atoms with E-state index in [1.165, 1.54) is 29.5 Å². The number of carbonyl (C=O) groups excluding carboxylic acids is 1. The number of amides is 1. The average Bonchev–Trinajstić information content (AvgIpc) is 2.99. The Morgan fingerprint density at radius 2 is 1.88 bits per heavy atom. The molecule has 0 radical (unpaired) electrons. The molecule has 1 aromatic carbocycles. The Labute approximate surface area is 137 Å². The standard InChI is InChI=1S/C16H19F3N4O/c1-11(23-10-20-9-21-23)14(24)22-15(2,3)8-12-4-6-13(7-5-12)16(17,18)19/h4-7,9-11H,8H2,1-3H3,(H,22,24)/t11-/m1/s1. The molecule has 0 aliphatic heterocycles. The Morgan fingerprint density at radius 3 is 2.38 bits per heavy atom. The van der Waals surface area contributed by atoms with E-state index in [2.05, 4.69) is 15.4 Å². The van der Waals surface area contributed by atoms with Crippen molar-refractivity contribution in [3.05, 3.63) is 48.0 Å². The zero-order valence-electron chi connectivity index (χ0n) is 13.6. The molecule has 0 bridgehead atoms. The van der Waals surface area contributed by atoms with E-state index in [1.54, 1.807) is 6.92 Å². The van der Waals surface area contributed by atoms with Gasteiger partial charge in [-0.15, -0.1) is 0 Å². The summed E-state index contributed by atoms with van der Waals surface area (Å²) in [5.41, 5.74) is -0.597.